The quantitative estimate of drug-likeness (QED) is 0.0835. The molecule has 4 aliphatic heterocycles. The maximum absolute atomic E-state index is 14.6. The molecule has 5 aliphatic rings. The van der Waals surface area contributed by atoms with Crippen molar-refractivity contribution in [2.24, 2.45) is 11.7 Å². The topological polar surface area (TPSA) is 380 Å². The van der Waals surface area contributed by atoms with E-state index in [2.05, 4.69) is 48.5 Å². The average molecular weight is 1160 g/mol. The number of benzene rings is 3. The Morgan fingerprint density at radius 3 is 1.95 bits per heavy atom. The van der Waals surface area contributed by atoms with Gasteiger partial charge in [-0.15, -0.1) is 0 Å². The summed E-state index contributed by atoms with van der Waals surface area (Å²) < 4.78 is 0. The zero-order valence-corrected chi connectivity index (χ0v) is 46.8. The number of carbonyl (C=O) groups is 7. The number of nitrogens with two attached hydrogens (primary N) is 1. The Morgan fingerprint density at radius 1 is 0.687 bits per heavy atom. The lowest BCUT2D eigenvalue weighted by atomic mass is 9.94. The molecule has 0 unspecified atom stereocenters. The summed E-state index contributed by atoms with van der Waals surface area (Å²) in [5, 5.41) is 100. The fraction of sp³-hybridized carbons (Fsp3) is 0.569. The number of phenolic OH excluding ortho intramolecular Hbond substituents is 2. The number of piperazine rings is 1. The van der Waals surface area contributed by atoms with E-state index >= 15 is 0 Å². The number of fused-ring (bicyclic) bond motifs is 2. The maximum Gasteiger partial charge on any atom is 0.251 e. The van der Waals surface area contributed by atoms with Crippen molar-refractivity contribution in [1.29, 1.82) is 0 Å². The lowest BCUT2D eigenvalue weighted by Crippen LogP contribution is -2.64. The second-order valence-corrected chi connectivity index (χ2v) is 22.8. The van der Waals surface area contributed by atoms with Crippen LogP contribution in [0.1, 0.15) is 81.1 Å². The monoisotopic (exact) mass is 1160 g/mol. The summed E-state index contributed by atoms with van der Waals surface area (Å²) in [4.78, 5) is 107. The third-order valence-electron chi connectivity index (χ3n) is 16.8. The molecule has 4 heterocycles. The third kappa shape index (κ3) is 14.9. The van der Waals surface area contributed by atoms with Crippen molar-refractivity contribution >= 4 is 47.0 Å². The summed E-state index contributed by atoms with van der Waals surface area (Å²) in [6.45, 7) is 4.95. The molecule has 4 saturated heterocycles. The molecule has 25 heteroatoms. The Hall–Kier alpha value is -6.97. The number of nitrogens with zero attached hydrogens (tertiary/aromatic N) is 4. The first-order valence-corrected chi connectivity index (χ1v) is 28.7. The highest BCUT2D eigenvalue weighted by Crippen LogP contribution is 2.30. The van der Waals surface area contributed by atoms with Crippen molar-refractivity contribution in [3.8, 4) is 22.6 Å². The van der Waals surface area contributed by atoms with E-state index in [1.807, 2.05) is 12.1 Å². The minimum atomic E-state index is -2.05. The number of hydrogen-bond donors (Lipinski definition) is 14. The number of rotatable bonds is 12. The Labute approximate surface area is 481 Å². The smallest absolute Gasteiger partial charge is 0.251 e. The molecular formula is C58H80N10O15. The van der Waals surface area contributed by atoms with Crippen molar-refractivity contribution in [2.75, 3.05) is 57.3 Å². The number of nitrogens with one attached hydrogen (secondary N) is 5. The molecule has 13 atom stereocenters. The predicted molar refractivity (Wildman–Crippen MR) is 301 cm³/mol. The number of aliphatic hydroxyl groups is 6. The first kappa shape index (κ1) is 62.1. The van der Waals surface area contributed by atoms with E-state index in [1.54, 1.807) is 24.3 Å². The molecule has 1 saturated carbocycles. The van der Waals surface area contributed by atoms with E-state index < -0.39 is 164 Å². The lowest BCUT2D eigenvalue weighted by molar-refractivity contribution is -0.147. The molecule has 1 aliphatic carbocycles. The van der Waals surface area contributed by atoms with E-state index in [0.717, 1.165) is 71.8 Å². The Morgan fingerprint density at radius 2 is 1.31 bits per heavy atom. The molecule has 0 bridgehead atoms. The minimum absolute atomic E-state index is 0.101. The van der Waals surface area contributed by atoms with E-state index in [0.29, 0.717) is 6.04 Å². The molecule has 3 aromatic rings. The van der Waals surface area contributed by atoms with Gasteiger partial charge in [-0.1, -0.05) is 56.5 Å². The number of phenols is 2. The highest BCUT2D eigenvalue weighted by Gasteiger charge is 2.50. The van der Waals surface area contributed by atoms with Gasteiger partial charge >= 0.3 is 0 Å². The first-order valence-electron chi connectivity index (χ1n) is 28.7. The first-order chi connectivity index (χ1) is 39.6. The van der Waals surface area contributed by atoms with Crippen molar-refractivity contribution in [1.82, 2.24) is 41.3 Å². The lowest BCUT2D eigenvalue weighted by Gasteiger charge is -2.41. The zero-order valence-electron chi connectivity index (χ0n) is 46.8. The number of aromatic hydroxyl groups is 2. The van der Waals surface area contributed by atoms with Crippen LogP contribution < -0.4 is 37.2 Å². The van der Waals surface area contributed by atoms with E-state index in [1.165, 1.54) is 45.1 Å². The van der Waals surface area contributed by atoms with E-state index in [4.69, 9.17) is 5.73 Å². The van der Waals surface area contributed by atoms with Gasteiger partial charge in [0.1, 0.15) is 36.3 Å². The fourth-order valence-electron chi connectivity index (χ4n) is 12.0. The summed E-state index contributed by atoms with van der Waals surface area (Å²) in [6, 6.07) is 8.01. The van der Waals surface area contributed by atoms with Gasteiger partial charge in [0, 0.05) is 88.3 Å². The van der Waals surface area contributed by atoms with Crippen molar-refractivity contribution in [2.45, 2.75) is 151 Å². The van der Waals surface area contributed by atoms with Gasteiger partial charge in [-0.3, -0.25) is 38.5 Å². The van der Waals surface area contributed by atoms with Crippen LogP contribution in [-0.2, 0) is 35.2 Å². The number of hydrogen-bond acceptors (Lipinski definition) is 18. The van der Waals surface area contributed by atoms with Crippen LogP contribution in [0.3, 0.4) is 0 Å². The van der Waals surface area contributed by atoms with Gasteiger partial charge in [0.25, 0.3) is 5.91 Å². The van der Waals surface area contributed by atoms with Gasteiger partial charge < -0.3 is 87.9 Å². The normalized spacial score (nSPS) is 28.9. The van der Waals surface area contributed by atoms with Crippen LogP contribution >= 0.6 is 0 Å². The number of aliphatic hydroxyl groups excluding tert-OH is 6. The van der Waals surface area contributed by atoms with Crippen LogP contribution in [-0.4, -0.2) is 228 Å². The summed E-state index contributed by atoms with van der Waals surface area (Å²) in [6.07, 6.45) is -5.36. The predicted octanol–water partition coefficient (Wildman–Crippen LogP) is -2.48. The maximum atomic E-state index is 14.6. The van der Waals surface area contributed by atoms with E-state index in [-0.39, 0.29) is 30.6 Å². The fourth-order valence-corrected chi connectivity index (χ4v) is 12.0. The van der Waals surface area contributed by atoms with Gasteiger partial charge in [-0.2, -0.15) is 0 Å². The second-order valence-electron chi connectivity index (χ2n) is 22.8. The highest BCUT2D eigenvalue weighted by molar-refractivity contribution is 6.00. The van der Waals surface area contributed by atoms with Crippen molar-refractivity contribution in [3.63, 3.8) is 0 Å². The Bertz CT molecular complexity index is 2780. The highest BCUT2D eigenvalue weighted by atomic mass is 16.3. The van der Waals surface area contributed by atoms with Gasteiger partial charge in [0.15, 0.2) is 11.5 Å². The Kier molecular flexibility index (Phi) is 20.7. The van der Waals surface area contributed by atoms with Crippen LogP contribution in [0.5, 0.6) is 11.5 Å². The molecule has 452 valence electrons. The zero-order chi connectivity index (χ0) is 59.8. The van der Waals surface area contributed by atoms with Crippen LogP contribution in [0.4, 0.5) is 5.69 Å². The van der Waals surface area contributed by atoms with Crippen LogP contribution in [0.15, 0.2) is 66.7 Å². The average Bonchev–Trinajstić information content (AvgIpc) is 4.27. The number of carbonyl (C=O) groups excluding carboxylic acids is 7. The Balaban J connectivity index is 1.05. The molecule has 7 amide bonds. The van der Waals surface area contributed by atoms with Gasteiger partial charge in [-0.05, 0) is 85.8 Å². The number of anilines is 1. The molecular weight excluding hydrogens is 1080 g/mol. The number of β-amino-alcohol motifs (C(OH)–C–C–N with tert-alkyl or cyclic N) is 1. The SMILES string of the molecule is C[C@H](O)[C@@H]1NC(=O)[C@@H](NC(=O)c2ccc(-c3ccc(N4CCN(C5CCCCC5)CC4)cc3)cc2)C[C@H](O)CNC(=O)[C@@H]2[C@@H](O)[C@H](C)CN2C(=O)[C@H]([C@H](O)CCN)NC(=O)[C@H]([C@H](O)Cc2ccc(O)c(O)c2)NC(=O)[C@@H]2C[C@H](O)CN2C1=O. The molecule has 0 radical (unpaired) electrons. The summed E-state index contributed by atoms with van der Waals surface area (Å²) in [7, 11) is 0. The summed E-state index contributed by atoms with van der Waals surface area (Å²) in [5.74, 6) is -9.33. The summed E-state index contributed by atoms with van der Waals surface area (Å²) in [5.41, 5.74) is 8.81. The second kappa shape index (κ2) is 27.6. The largest absolute Gasteiger partial charge is 0.504 e. The molecule has 83 heavy (non-hydrogen) atoms. The minimum Gasteiger partial charge on any atom is -0.504 e. The molecule has 15 N–H and O–H groups in total. The molecule has 3 aromatic carbocycles. The number of amides is 7. The van der Waals surface area contributed by atoms with E-state index in [9.17, 15) is 74.4 Å². The molecule has 0 aromatic heterocycles. The van der Waals surface area contributed by atoms with Crippen LogP contribution in [0.2, 0.25) is 0 Å². The molecule has 5 fully saturated rings. The van der Waals surface area contributed by atoms with Gasteiger partial charge in [0.2, 0.25) is 35.4 Å². The molecule has 8 rings (SSSR count). The third-order valence-corrected chi connectivity index (χ3v) is 16.8. The van der Waals surface area contributed by atoms with Crippen LogP contribution in [0.25, 0.3) is 11.1 Å². The molecule has 0 spiro atoms. The van der Waals surface area contributed by atoms with Crippen molar-refractivity contribution < 1.29 is 74.4 Å². The summed E-state index contributed by atoms with van der Waals surface area (Å²) >= 11 is 0. The van der Waals surface area contributed by atoms with Gasteiger partial charge in [-0.25, -0.2) is 0 Å². The molecule has 25 nitrogen and oxygen atoms in total. The van der Waals surface area contributed by atoms with Crippen LogP contribution in [0, 0.1) is 5.92 Å². The standard InChI is InChI=1S/C58H80N10O15/c1-31-29-68-50(51(31)76)56(81)60-28-39(70)26-41(61-52(77)36-11-9-34(10-12-36)35-13-15-38(16-14-35)66-22-20-65(21-23-66)37-6-4-3-5-7-37)53(78)62-47(32(2)69)57(82)67-30-40(71)27-42(67)54(79)63-48(46(75)25-33-8-17-43(72)45(74)24-33)55(80)64-49(58(68)83)44(73)18-19-59/h8-17,24,31-32,37,39-42,44,46-51,69-76H,3-7,18-23,25-30,59H2,1-2H3,(H,60,81)(H,61,77)(H,62,78)(H,63,79)(H,64,80)/t31-,32+,39+,40+,41+,42+,44-,46-,47+,48+,49+,50+,51+/m1/s1. The van der Waals surface area contributed by atoms with Crippen molar-refractivity contribution in [3.05, 3.63) is 77.9 Å². The van der Waals surface area contributed by atoms with Gasteiger partial charge in [0.05, 0.1) is 36.6 Å².